The van der Waals surface area contributed by atoms with Crippen LogP contribution in [0.5, 0.6) is 0 Å². The van der Waals surface area contributed by atoms with Gasteiger partial charge in [0.1, 0.15) is 0 Å². The summed E-state index contributed by atoms with van der Waals surface area (Å²) in [6.45, 7) is 8.56. The van der Waals surface area contributed by atoms with Crippen molar-refractivity contribution in [3.8, 4) is 0 Å². The molecule has 0 heterocycles. The van der Waals surface area contributed by atoms with E-state index in [4.69, 9.17) is 5.11 Å². The molecule has 1 aromatic carbocycles. The van der Waals surface area contributed by atoms with E-state index in [1.54, 1.807) is 17.8 Å². The van der Waals surface area contributed by atoms with Gasteiger partial charge in [-0.1, -0.05) is 26.8 Å². The van der Waals surface area contributed by atoms with E-state index in [0.717, 1.165) is 22.6 Å². The Kier molecular flexibility index (Phi) is 5.27. The highest BCUT2D eigenvalue weighted by molar-refractivity contribution is 7.99. The predicted molar refractivity (Wildman–Crippen MR) is 77.6 cm³/mol. The van der Waals surface area contributed by atoms with E-state index >= 15 is 0 Å². The van der Waals surface area contributed by atoms with Crippen LogP contribution in [-0.2, 0) is 0 Å². The molecule has 0 spiro atoms. The van der Waals surface area contributed by atoms with Crippen LogP contribution in [0.3, 0.4) is 0 Å². The summed E-state index contributed by atoms with van der Waals surface area (Å²) in [7, 11) is 0. The van der Waals surface area contributed by atoms with Crippen LogP contribution < -0.4 is 0 Å². The number of aryl methyl sites for hydroxylation is 1. The molecule has 18 heavy (non-hydrogen) atoms. The number of carboxylic acid groups (broad SMARTS) is 1. The van der Waals surface area contributed by atoms with Crippen LogP contribution >= 0.6 is 11.8 Å². The lowest BCUT2D eigenvalue weighted by atomic mass is 9.91. The number of carboxylic acids is 1. The van der Waals surface area contributed by atoms with E-state index in [1.165, 1.54) is 6.42 Å². The largest absolute Gasteiger partial charge is 0.478 e. The summed E-state index contributed by atoms with van der Waals surface area (Å²) in [5.41, 5.74) is 1.61. The van der Waals surface area contributed by atoms with E-state index in [0.29, 0.717) is 11.0 Å². The van der Waals surface area contributed by atoms with Crippen molar-refractivity contribution < 1.29 is 9.90 Å². The van der Waals surface area contributed by atoms with Crippen molar-refractivity contribution in [1.29, 1.82) is 0 Å². The van der Waals surface area contributed by atoms with Crippen molar-refractivity contribution >= 4 is 17.7 Å². The van der Waals surface area contributed by atoms with Gasteiger partial charge in [-0.3, -0.25) is 0 Å². The summed E-state index contributed by atoms with van der Waals surface area (Å²) < 4.78 is 0. The molecule has 0 aromatic heterocycles. The molecular weight excluding hydrogens is 244 g/mol. The first kappa shape index (κ1) is 15.1. The normalized spacial score (nSPS) is 11.6. The Morgan fingerprint density at radius 3 is 2.56 bits per heavy atom. The van der Waals surface area contributed by atoms with E-state index < -0.39 is 5.97 Å². The number of thioether (sulfide) groups is 1. The van der Waals surface area contributed by atoms with Gasteiger partial charge in [0, 0.05) is 4.90 Å². The van der Waals surface area contributed by atoms with Crippen LogP contribution in [0.1, 0.15) is 49.5 Å². The van der Waals surface area contributed by atoms with Crippen LogP contribution in [0.4, 0.5) is 0 Å². The van der Waals surface area contributed by atoms with Gasteiger partial charge in [-0.05, 0) is 48.6 Å². The molecule has 3 heteroatoms. The molecule has 1 aromatic rings. The number of benzene rings is 1. The van der Waals surface area contributed by atoms with Crippen LogP contribution in [0, 0.1) is 12.3 Å². The Hall–Kier alpha value is -0.960. The highest BCUT2D eigenvalue weighted by atomic mass is 32.2. The molecule has 0 fully saturated rings. The molecule has 2 nitrogen and oxygen atoms in total. The van der Waals surface area contributed by atoms with Crippen molar-refractivity contribution in [2.75, 3.05) is 5.75 Å². The second-order valence-corrected chi connectivity index (χ2v) is 6.96. The average molecular weight is 266 g/mol. The summed E-state index contributed by atoms with van der Waals surface area (Å²) >= 11 is 1.74. The second-order valence-electron chi connectivity index (χ2n) is 5.79. The molecule has 0 saturated heterocycles. The molecule has 0 bridgehead atoms. The highest BCUT2D eigenvalue weighted by Gasteiger charge is 2.10. The molecular formula is C15H22O2S. The summed E-state index contributed by atoms with van der Waals surface area (Å²) in [6.07, 6.45) is 2.35. The van der Waals surface area contributed by atoms with Crippen molar-refractivity contribution in [1.82, 2.24) is 0 Å². The van der Waals surface area contributed by atoms with Gasteiger partial charge in [0.15, 0.2) is 0 Å². The fraction of sp³-hybridized carbons (Fsp3) is 0.533. The monoisotopic (exact) mass is 266 g/mol. The third-order valence-electron chi connectivity index (χ3n) is 2.78. The van der Waals surface area contributed by atoms with Gasteiger partial charge in [-0.2, -0.15) is 0 Å². The standard InChI is InChI=1S/C15H22O2S/c1-11-6-7-12(10-13(11)14(16)17)18-9-5-8-15(2,3)4/h6-7,10H,5,8-9H2,1-4H3,(H,16,17). The molecule has 0 unspecified atom stereocenters. The SMILES string of the molecule is Cc1ccc(SCCCC(C)(C)C)cc1C(=O)O. The van der Waals surface area contributed by atoms with Gasteiger partial charge in [-0.25, -0.2) is 4.79 Å². The third-order valence-corrected chi connectivity index (χ3v) is 3.86. The number of carbonyl (C=O) groups is 1. The second kappa shape index (κ2) is 6.28. The Labute approximate surface area is 114 Å². The predicted octanol–water partition coefficient (Wildman–Crippen LogP) is 4.61. The molecule has 1 rings (SSSR count). The van der Waals surface area contributed by atoms with Crippen molar-refractivity contribution in [2.24, 2.45) is 5.41 Å². The lowest BCUT2D eigenvalue weighted by Gasteiger charge is -2.17. The van der Waals surface area contributed by atoms with Crippen molar-refractivity contribution in [3.05, 3.63) is 29.3 Å². The summed E-state index contributed by atoms with van der Waals surface area (Å²) in [6, 6.07) is 5.67. The quantitative estimate of drug-likeness (QED) is 0.624. The third kappa shape index (κ3) is 5.13. The molecule has 0 atom stereocenters. The minimum atomic E-state index is -0.843. The van der Waals surface area contributed by atoms with Gasteiger partial charge in [-0.15, -0.1) is 11.8 Å². The molecule has 100 valence electrons. The van der Waals surface area contributed by atoms with Gasteiger partial charge < -0.3 is 5.11 Å². The maximum Gasteiger partial charge on any atom is 0.335 e. The van der Waals surface area contributed by atoms with Crippen LogP contribution in [0.15, 0.2) is 23.1 Å². The fourth-order valence-electron chi connectivity index (χ4n) is 1.71. The van der Waals surface area contributed by atoms with Gasteiger partial charge in [0.25, 0.3) is 0 Å². The molecule has 0 aliphatic rings. The van der Waals surface area contributed by atoms with E-state index in [1.807, 2.05) is 19.1 Å². The lowest BCUT2D eigenvalue weighted by molar-refractivity contribution is 0.0696. The Bertz CT molecular complexity index is 419. The molecule has 0 aliphatic carbocycles. The summed E-state index contributed by atoms with van der Waals surface area (Å²) in [5, 5.41) is 9.06. The lowest BCUT2D eigenvalue weighted by Crippen LogP contribution is -2.04. The van der Waals surface area contributed by atoms with Gasteiger partial charge in [0.2, 0.25) is 0 Å². The first-order valence-electron chi connectivity index (χ1n) is 6.26. The number of rotatable bonds is 5. The van der Waals surface area contributed by atoms with Crippen molar-refractivity contribution in [3.63, 3.8) is 0 Å². The first-order chi connectivity index (χ1) is 8.29. The van der Waals surface area contributed by atoms with Crippen LogP contribution in [0.2, 0.25) is 0 Å². The van der Waals surface area contributed by atoms with Crippen molar-refractivity contribution in [2.45, 2.75) is 45.4 Å². The minimum absolute atomic E-state index is 0.375. The number of hydrogen-bond donors (Lipinski definition) is 1. The zero-order valence-corrected chi connectivity index (χ0v) is 12.4. The molecule has 0 saturated carbocycles. The minimum Gasteiger partial charge on any atom is -0.478 e. The Morgan fingerprint density at radius 1 is 1.33 bits per heavy atom. The fourth-order valence-corrected chi connectivity index (χ4v) is 2.60. The average Bonchev–Trinajstić information content (AvgIpc) is 2.24. The number of hydrogen-bond acceptors (Lipinski definition) is 2. The Morgan fingerprint density at radius 2 is 2.00 bits per heavy atom. The number of aromatic carboxylic acids is 1. The van der Waals surface area contributed by atoms with E-state index in [2.05, 4.69) is 20.8 Å². The first-order valence-corrected chi connectivity index (χ1v) is 7.25. The van der Waals surface area contributed by atoms with Crippen LogP contribution in [0.25, 0.3) is 0 Å². The zero-order chi connectivity index (χ0) is 13.8. The molecule has 0 aliphatic heterocycles. The maximum absolute atomic E-state index is 11.0. The maximum atomic E-state index is 11.0. The van der Waals surface area contributed by atoms with Gasteiger partial charge in [0.05, 0.1) is 5.56 Å². The Balaban J connectivity index is 2.53. The highest BCUT2D eigenvalue weighted by Crippen LogP contribution is 2.26. The molecule has 0 radical (unpaired) electrons. The zero-order valence-electron chi connectivity index (χ0n) is 11.6. The summed E-state index contributed by atoms with van der Waals surface area (Å²) in [4.78, 5) is 12.1. The van der Waals surface area contributed by atoms with E-state index in [9.17, 15) is 4.79 Å². The topological polar surface area (TPSA) is 37.3 Å². The van der Waals surface area contributed by atoms with Crippen LogP contribution in [-0.4, -0.2) is 16.8 Å². The smallest absolute Gasteiger partial charge is 0.335 e. The summed E-state index contributed by atoms with van der Waals surface area (Å²) in [5.74, 6) is 0.198. The van der Waals surface area contributed by atoms with E-state index in [-0.39, 0.29) is 0 Å². The van der Waals surface area contributed by atoms with Gasteiger partial charge >= 0.3 is 5.97 Å². The molecule has 1 N–H and O–H groups in total. The molecule has 0 amide bonds.